The maximum atomic E-state index is 12.7. The zero-order valence-corrected chi connectivity index (χ0v) is 13.2. The van der Waals surface area contributed by atoms with E-state index in [1.165, 1.54) is 0 Å². The van der Waals surface area contributed by atoms with Gasteiger partial charge in [-0.05, 0) is 38.5 Å². The number of carbonyl (C=O) groups excluding carboxylic acids is 1. The Morgan fingerprint density at radius 3 is 2.65 bits per heavy atom. The molecule has 1 N–H and O–H groups in total. The molecule has 0 aliphatic carbocycles. The van der Waals surface area contributed by atoms with Crippen LogP contribution in [-0.4, -0.2) is 42.3 Å². The van der Waals surface area contributed by atoms with Gasteiger partial charge in [-0.15, -0.1) is 0 Å². The average molecular weight is 282 g/mol. The van der Waals surface area contributed by atoms with Crippen LogP contribution in [0, 0.1) is 5.92 Å². The highest BCUT2D eigenvalue weighted by atomic mass is 16.5. The number of nitrogens with one attached hydrogen (secondary N) is 1. The van der Waals surface area contributed by atoms with Gasteiger partial charge in [0.15, 0.2) is 0 Å². The summed E-state index contributed by atoms with van der Waals surface area (Å²) in [5.41, 5.74) is 0. The van der Waals surface area contributed by atoms with Crippen molar-refractivity contribution in [3.05, 3.63) is 0 Å². The second-order valence-corrected chi connectivity index (χ2v) is 6.22. The van der Waals surface area contributed by atoms with Crippen LogP contribution in [0.3, 0.4) is 0 Å². The molecule has 0 aromatic heterocycles. The highest BCUT2D eigenvalue weighted by molar-refractivity contribution is 5.84. The Hall–Kier alpha value is -0.610. The molecule has 0 saturated carbocycles. The van der Waals surface area contributed by atoms with Crippen LogP contribution in [0.4, 0.5) is 0 Å². The first-order chi connectivity index (χ1) is 9.69. The molecule has 4 nitrogen and oxygen atoms in total. The summed E-state index contributed by atoms with van der Waals surface area (Å²) >= 11 is 0. The van der Waals surface area contributed by atoms with E-state index < -0.39 is 0 Å². The topological polar surface area (TPSA) is 41.6 Å². The summed E-state index contributed by atoms with van der Waals surface area (Å²) in [4.78, 5) is 14.8. The largest absolute Gasteiger partial charge is 0.381 e. The van der Waals surface area contributed by atoms with Gasteiger partial charge >= 0.3 is 0 Å². The number of nitrogens with zero attached hydrogens (tertiary/aromatic N) is 1. The van der Waals surface area contributed by atoms with Crippen molar-refractivity contribution in [2.75, 3.05) is 13.2 Å². The summed E-state index contributed by atoms with van der Waals surface area (Å²) in [6, 6.07) is 0.373. The lowest BCUT2D eigenvalue weighted by Gasteiger charge is -2.37. The summed E-state index contributed by atoms with van der Waals surface area (Å²) in [6.45, 7) is 8.26. The third kappa shape index (κ3) is 3.34. The summed E-state index contributed by atoms with van der Waals surface area (Å²) in [6.07, 6.45) is 6.63. The van der Waals surface area contributed by atoms with Gasteiger partial charge in [0.05, 0.1) is 12.2 Å². The van der Waals surface area contributed by atoms with Crippen LogP contribution < -0.4 is 5.32 Å². The fourth-order valence-corrected chi connectivity index (χ4v) is 3.56. The van der Waals surface area contributed by atoms with Gasteiger partial charge in [-0.1, -0.05) is 26.7 Å². The second kappa shape index (κ2) is 7.41. The second-order valence-electron chi connectivity index (χ2n) is 6.22. The molecular weight excluding hydrogens is 252 g/mol. The highest BCUT2D eigenvalue weighted by Crippen LogP contribution is 2.28. The van der Waals surface area contributed by atoms with Crippen molar-refractivity contribution in [1.82, 2.24) is 10.2 Å². The molecule has 0 spiro atoms. The summed E-state index contributed by atoms with van der Waals surface area (Å²) in [5, 5.41) is 3.54. The lowest BCUT2D eigenvalue weighted by molar-refractivity contribution is -0.134. The van der Waals surface area contributed by atoms with E-state index in [-0.39, 0.29) is 12.2 Å². The van der Waals surface area contributed by atoms with E-state index in [1.807, 2.05) is 0 Å². The minimum absolute atomic E-state index is 0.0437. The Labute approximate surface area is 123 Å². The molecule has 2 rings (SSSR count). The quantitative estimate of drug-likeness (QED) is 0.814. The van der Waals surface area contributed by atoms with Gasteiger partial charge in [0, 0.05) is 19.3 Å². The first-order valence-electron chi connectivity index (χ1n) is 8.35. The van der Waals surface area contributed by atoms with Crippen molar-refractivity contribution in [2.45, 2.75) is 77.5 Å². The average Bonchev–Trinajstić information content (AvgIpc) is 2.81. The van der Waals surface area contributed by atoms with E-state index in [2.05, 4.69) is 31.0 Å². The number of carbonyl (C=O) groups is 1. The van der Waals surface area contributed by atoms with E-state index in [4.69, 9.17) is 4.74 Å². The Balaban J connectivity index is 2.01. The maximum absolute atomic E-state index is 12.7. The molecule has 0 radical (unpaired) electrons. The molecule has 0 aromatic rings. The lowest BCUT2D eigenvalue weighted by Crippen LogP contribution is -2.47. The standard InChI is InChI=1S/C16H30N2O2/c1-4-6-7-14-16(19)18(15(5-2)17-14)12(3)13-8-10-20-11-9-13/h12-15,17H,4-11H2,1-3H3. The molecule has 3 atom stereocenters. The van der Waals surface area contributed by atoms with Crippen molar-refractivity contribution >= 4 is 5.91 Å². The zero-order valence-electron chi connectivity index (χ0n) is 13.2. The van der Waals surface area contributed by atoms with Crippen molar-refractivity contribution < 1.29 is 9.53 Å². The Morgan fingerprint density at radius 2 is 2.05 bits per heavy atom. The van der Waals surface area contributed by atoms with Crippen LogP contribution in [0.25, 0.3) is 0 Å². The zero-order chi connectivity index (χ0) is 14.5. The summed E-state index contributed by atoms with van der Waals surface area (Å²) in [5.74, 6) is 0.915. The van der Waals surface area contributed by atoms with Gasteiger partial charge in [-0.25, -0.2) is 0 Å². The molecule has 3 unspecified atom stereocenters. The summed E-state index contributed by atoms with van der Waals surface area (Å²) in [7, 11) is 0. The van der Waals surface area contributed by atoms with Crippen molar-refractivity contribution in [2.24, 2.45) is 5.92 Å². The first-order valence-corrected chi connectivity index (χ1v) is 8.35. The third-order valence-corrected chi connectivity index (χ3v) is 4.90. The van der Waals surface area contributed by atoms with E-state index in [9.17, 15) is 4.79 Å². The summed E-state index contributed by atoms with van der Waals surface area (Å²) < 4.78 is 5.45. The smallest absolute Gasteiger partial charge is 0.241 e. The monoisotopic (exact) mass is 282 g/mol. The molecule has 116 valence electrons. The molecule has 1 amide bonds. The van der Waals surface area contributed by atoms with Crippen molar-refractivity contribution in [3.8, 4) is 0 Å². The number of hydrogen-bond acceptors (Lipinski definition) is 3. The first kappa shape index (κ1) is 15.8. The van der Waals surface area contributed by atoms with Crippen LogP contribution in [0.5, 0.6) is 0 Å². The molecule has 2 aliphatic heterocycles. The number of ether oxygens (including phenoxy) is 1. The number of unbranched alkanes of at least 4 members (excludes halogenated alkanes) is 1. The SMILES string of the molecule is CCCCC1NC(CC)N(C(C)C2CCOCC2)C1=O. The molecule has 0 aromatic carbocycles. The number of rotatable bonds is 6. The molecule has 20 heavy (non-hydrogen) atoms. The van der Waals surface area contributed by atoms with Crippen molar-refractivity contribution in [3.63, 3.8) is 0 Å². The van der Waals surface area contributed by atoms with Gasteiger partial charge in [0.2, 0.25) is 5.91 Å². The van der Waals surface area contributed by atoms with E-state index in [0.29, 0.717) is 17.9 Å². The van der Waals surface area contributed by atoms with Gasteiger partial charge in [0.1, 0.15) is 0 Å². The number of hydrogen-bond donors (Lipinski definition) is 1. The van der Waals surface area contributed by atoms with Gasteiger partial charge < -0.3 is 9.64 Å². The maximum Gasteiger partial charge on any atom is 0.241 e. The van der Waals surface area contributed by atoms with Gasteiger partial charge in [0.25, 0.3) is 0 Å². The van der Waals surface area contributed by atoms with E-state index >= 15 is 0 Å². The number of amides is 1. The normalized spacial score (nSPS) is 29.9. The Bertz CT molecular complexity index is 316. The van der Waals surface area contributed by atoms with Crippen LogP contribution in [-0.2, 0) is 9.53 Å². The Kier molecular flexibility index (Phi) is 5.85. The molecule has 2 fully saturated rings. The minimum Gasteiger partial charge on any atom is -0.381 e. The molecule has 2 aliphatic rings. The van der Waals surface area contributed by atoms with Crippen LogP contribution in [0.15, 0.2) is 0 Å². The van der Waals surface area contributed by atoms with Gasteiger partial charge in [-0.3, -0.25) is 10.1 Å². The predicted molar refractivity (Wildman–Crippen MR) is 80.4 cm³/mol. The van der Waals surface area contributed by atoms with Crippen LogP contribution >= 0.6 is 0 Å². The highest BCUT2D eigenvalue weighted by Gasteiger charge is 2.41. The molecule has 4 heteroatoms. The fraction of sp³-hybridized carbons (Fsp3) is 0.938. The molecule has 2 heterocycles. The molecule has 2 saturated heterocycles. The van der Waals surface area contributed by atoms with E-state index in [0.717, 1.165) is 51.7 Å². The predicted octanol–water partition coefficient (Wildman–Crippen LogP) is 2.53. The van der Waals surface area contributed by atoms with Gasteiger partial charge in [-0.2, -0.15) is 0 Å². The Morgan fingerprint density at radius 1 is 1.35 bits per heavy atom. The fourth-order valence-electron chi connectivity index (χ4n) is 3.56. The minimum atomic E-state index is 0.0437. The third-order valence-electron chi connectivity index (χ3n) is 4.90. The van der Waals surface area contributed by atoms with Crippen LogP contribution in [0.2, 0.25) is 0 Å². The molecule has 0 bridgehead atoms. The lowest BCUT2D eigenvalue weighted by atomic mass is 9.91. The van der Waals surface area contributed by atoms with Crippen molar-refractivity contribution in [1.29, 1.82) is 0 Å². The van der Waals surface area contributed by atoms with Crippen LogP contribution in [0.1, 0.15) is 59.3 Å². The molecular formula is C16H30N2O2. The van der Waals surface area contributed by atoms with E-state index in [1.54, 1.807) is 0 Å².